The van der Waals surface area contributed by atoms with Crippen molar-refractivity contribution in [1.82, 2.24) is 0 Å². The third kappa shape index (κ3) is 2.86. The lowest BCUT2D eigenvalue weighted by Crippen LogP contribution is -2.60. The van der Waals surface area contributed by atoms with E-state index in [1.165, 1.54) is 37.0 Å². The van der Waals surface area contributed by atoms with Gasteiger partial charge in [-0.05, 0) is 80.2 Å². The molecule has 0 aromatic heterocycles. The monoisotopic (exact) mass is 394 g/mol. The highest BCUT2D eigenvalue weighted by Crippen LogP contribution is 2.71. The number of ether oxygens (including phenoxy) is 1. The summed E-state index contributed by atoms with van der Waals surface area (Å²) in [4.78, 5) is 3.03. The summed E-state index contributed by atoms with van der Waals surface area (Å²) in [5.41, 5.74) is 2.02. The molecule has 2 saturated carbocycles. The minimum Gasteiger partial charge on any atom is -0.374 e. The third-order valence-electron chi connectivity index (χ3n) is 7.92. The van der Waals surface area contributed by atoms with Gasteiger partial charge >= 0.3 is 0 Å². The Balaban J connectivity index is 1.54. The summed E-state index contributed by atoms with van der Waals surface area (Å²) in [6.45, 7) is 7.86. The zero-order chi connectivity index (χ0) is 19.4. The highest BCUT2D eigenvalue weighted by molar-refractivity contribution is 8.03. The fraction of sp³-hybridized carbons (Fsp3) is 0.615. The second kappa shape index (κ2) is 7.06. The number of allylic oxidation sites excluding steroid dienone is 3. The van der Waals surface area contributed by atoms with E-state index in [1.807, 2.05) is 11.8 Å². The van der Waals surface area contributed by atoms with E-state index in [-0.39, 0.29) is 5.60 Å². The van der Waals surface area contributed by atoms with E-state index in [9.17, 15) is 0 Å². The van der Waals surface area contributed by atoms with Crippen molar-refractivity contribution in [2.45, 2.75) is 69.8 Å². The first-order valence-electron chi connectivity index (χ1n) is 11.3. The van der Waals surface area contributed by atoms with Gasteiger partial charge in [-0.1, -0.05) is 61.5 Å². The number of thioether (sulfide) groups is 1. The molecule has 1 aromatic carbocycles. The van der Waals surface area contributed by atoms with Crippen LogP contribution in [-0.4, -0.2) is 12.2 Å². The molecule has 28 heavy (non-hydrogen) atoms. The van der Waals surface area contributed by atoms with Gasteiger partial charge in [0.05, 0.1) is 5.60 Å². The molecule has 2 fully saturated rings. The fourth-order valence-electron chi connectivity index (χ4n) is 7.08. The maximum atomic E-state index is 6.84. The van der Waals surface area contributed by atoms with Gasteiger partial charge in [0.25, 0.3) is 0 Å². The molecule has 5 rings (SSSR count). The van der Waals surface area contributed by atoms with E-state index in [0.717, 1.165) is 18.9 Å². The molecule has 0 unspecified atom stereocenters. The molecule has 1 aromatic rings. The quantitative estimate of drug-likeness (QED) is 0.486. The van der Waals surface area contributed by atoms with Gasteiger partial charge in [0.1, 0.15) is 0 Å². The lowest BCUT2D eigenvalue weighted by molar-refractivity contribution is -0.174. The Bertz CT molecular complexity index is 794. The van der Waals surface area contributed by atoms with Crippen LogP contribution in [-0.2, 0) is 4.74 Å². The first-order valence-corrected chi connectivity index (χ1v) is 12.1. The highest BCUT2D eigenvalue weighted by atomic mass is 32.2. The molecule has 0 amide bonds. The smallest absolute Gasteiger partial charge is 0.0759 e. The summed E-state index contributed by atoms with van der Waals surface area (Å²) in [5, 5.41) is 0. The van der Waals surface area contributed by atoms with Crippen LogP contribution in [0.2, 0.25) is 0 Å². The van der Waals surface area contributed by atoms with E-state index >= 15 is 0 Å². The van der Waals surface area contributed by atoms with E-state index in [0.29, 0.717) is 23.2 Å². The summed E-state index contributed by atoms with van der Waals surface area (Å²) in [6, 6.07) is 11.0. The highest BCUT2D eigenvalue weighted by Gasteiger charge is 2.65. The molecule has 5 atom stereocenters. The van der Waals surface area contributed by atoms with Gasteiger partial charge in [-0.3, -0.25) is 0 Å². The number of rotatable bonds is 5. The second-order valence-electron chi connectivity index (χ2n) is 10.1. The molecule has 2 bridgehead atoms. The number of benzene rings is 1. The van der Waals surface area contributed by atoms with Crippen LogP contribution in [0, 0.1) is 29.1 Å². The summed E-state index contributed by atoms with van der Waals surface area (Å²) < 4.78 is 6.84. The van der Waals surface area contributed by atoms with Crippen LogP contribution in [0.15, 0.2) is 57.9 Å². The molecule has 0 aliphatic heterocycles. The van der Waals surface area contributed by atoms with Crippen LogP contribution in [0.25, 0.3) is 0 Å². The van der Waals surface area contributed by atoms with Gasteiger partial charge < -0.3 is 4.74 Å². The van der Waals surface area contributed by atoms with E-state index in [4.69, 9.17) is 4.74 Å². The first kappa shape index (κ1) is 19.0. The van der Waals surface area contributed by atoms with Crippen molar-refractivity contribution in [1.29, 1.82) is 0 Å². The normalized spacial score (nSPS) is 38.8. The molecule has 0 saturated heterocycles. The molecule has 0 heterocycles. The predicted molar refractivity (Wildman–Crippen MR) is 118 cm³/mol. The third-order valence-corrected chi connectivity index (χ3v) is 9.12. The first-order chi connectivity index (χ1) is 13.5. The average Bonchev–Trinajstić information content (AvgIpc) is 3.02. The fourth-order valence-corrected chi connectivity index (χ4v) is 8.29. The van der Waals surface area contributed by atoms with Crippen LogP contribution in [0.1, 0.15) is 59.3 Å². The molecule has 150 valence electrons. The zero-order valence-corrected chi connectivity index (χ0v) is 18.4. The van der Waals surface area contributed by atoms with Gasteiger partial charge in [-0.15, -0.1) is 0 Å². The zero-order valence-electron chi connectivity index (χ0n) is 17.6. The Morgan fingerprint density at radius 2 is 1.96 bits per heavy atom. The Kier molecular flexibility index (Phi) is 4.79. The minimum atomic E-state index is 0.0850. The van der Waals surface area contributed by atoms with Gasteiger partial charge in [-0.2, -0.15) is 0 Å². The molecule has 1 nitrogen and oxygen atoms in total. The Hall–Kier alpha value is -0.990. The molecule has 4 aliphatic rings. The van der Waals surface area contributed by atoms with E-state index in [2.05, 4.69) is 63.3 Å². The maximum Gasteiger partial charge on any atom is 0.0759 e. The Morgan fingerprint density at radius 3 is 2.75 bits per heavy atom. The molecule has 1 spiro atoms. The van der Waals surface area contributed by atoms with Gasteiger partial charge in [0.2, 0.25) is 0 Å². The van der Waals surface area contributed by atoms with Crippen LogP contribution in [0.5, 0.6) is 0 Å². The maximum absolute atomic E-state index is 6.84. The van der Waals surface area contributed by atoms with Gasteiger partial charge in [0.15, 0.2) is 0 Å². The molecular weight excluding hydrogens is 360 g/mol. The van der Waals surface area contributed by atoms with Crippen molar-refractivity contribution in [3.63, 3.8) is 0 Å². The molecule has 0 radical (unpaired) electrons. The van der Waals surface area contributed by atoms with Crippen LogP contribution in [0.3, 0.4) is 0 Å². The van der Waals surface area contributed by atoms with Gasteiger partial charge in [0, 0.05) is 22.8 Å². The van der Waals surface area contributed by atoms with Crippen LogP contribution < -0.4 is 0 Å². The summed E-state index contributed by atoms with van der Waals surface area (Å²) in [7, 11) is 0. The Labute approximate surface area is 175 Å². The standard InChI is InChI=1S/C26H34OS/c1-18(2)17-27-25-14-13-20-9-10-22-23(28-21-7-5-4-6-8-21)11-12-24(25)26(20,22)16-19(3)15-25/h4-8,11,16,18,20,22,24H,9-10,12-15,17H2,1-3H3/t20-,22+,24+,25+,26+/m1/s1. The van der Waals surface area contributed by atoms with Crippen molar-refractivity contribution in [2.75, 3.05) is 6.61 Å². The number of hydrogen-bond acceptors (Lipinski definition) is 2. The molecule has 2 heteroatoms. The summed E-state index contributed by atoms with van der Waals surface area (Å²) in [6.07, 6.45) is 13.1. The molecule has 0 N–H and O–H groups in total. The van der Waals surface area contributed by atoms with Crippen molar-refractivity contribution in [3.8, 4) is 0 Å². The predicted octanol–water partition coefficient (Wildman–Crippen LogP) is 7.25. The van der Waals surface area contributed by atoms with Crippen molar-refractivity contribution >= 4 is 11.8 Å². The van der Waals surface area contributed by atoms with E-state index < -0.39 is 0 Å². The van der Waals surface area contributed by atoms with Crippen molar-refractivity contribution in [3.05, 3.63) is 53.0 Å². The lowest BCUT2D eigenvalue weighted by atomic mass is 9.47. The van der Waals surface area contributed by atoms with Crippen molar-refractivity contribution in [2.24, 2.45) is 29.1 Å². The van der Waals surface area contributed by atoms with Crippen molar-refractivity contribution < 1.29 is 4.74 Å². The topological polar surface area (TPSA) is 9.23 Å². The Morgan fingerprint density at radius 1 is 1.14 bits per heavy atom. The van der Waals surface area contributed by atoms with E-state index in [1.54, 1.807) is 10.5 Å². The molecular formula is C26H34OS. The lowest BCUT2D eigenvalue weighted by Gasteiger charge is -2.61. The second-order valence-corrected chi connectivity index (χ2v) is 11.3. The van der Waals surface area contributed by atoms with Crippen LogP contribution in [0.4, 0.5) is 0 Å². The molecule has 4 aliphatic carbocycles. The minimum absolute atomic E-state index is 0.0850. The largest absolute Gasteiger partial charge is 0.374 e. The summed E-state index contributed by atoms with van der Waals surface area (Å²) >= 11 is 2.03. The average molecular weight is 395 g/mol. The number of hydrogen-bond donors (Lipinski definition) is 0. The van der Waals surface area contributed by atoms with Gasteiger partial charge in [-0.25, -0.2) is 0 Å². The SMILES string of the molecule is CC1=C[C@]23[C@@H]4CC[C@H]2C(Sc2ccccc2)=CC[C@H]3[C@](OCC(C)C)(CC4)C1. The van der Waals surface area contributed by atoms with Crippen LogP contribution >= 0.6 is 11.8 Å². The summed E-state index contributed by atoms with van der Waals surface area (Å²) in [5.74, 6) is 2.83.